The predicted octanol–water partition coefficient (Wildman–Crippen LogP) is 6.77. The van der Waals surface area contributed by atoms with E-state index in [1.807, 2.05) is 4.68 Å². The van der Waals surface area contributed by atoms with Crippen LogP contribution in [0.15, 0.2) is 6.20 Å². The summed E-state index contributed by atoms with van der Waals surface area (Å²) in [5.41, 5.74) is 1.66. The molecule has 0 aliphatic rings. The second kappa shape index (κ2) is 15.8. The number of hydrogen-bond donors (Lipinski definition) is 0. The van der Waals surface area contributed by atoms with Crippen LogP contribution in [0.1, 0.15) is 110 Å². The van der Waals surface area contributed by atoms with Crippen molar-refractivity contribution in [2.45, 2.75) is 117 Å². The third-order valence-corrected chi connectivity index (χ3v) is 4.83. The van der Waals surface area contributed by atoms with Gasteiger partial charge in [0.15, 0.2) is 0 Å². The minimum absolute atomic E-state index is 0. The molecule has 0 aliphatic heterocycles. The van der Waals surface area contributed by atoms with Gasteiger partial charge in [0.25, 0.3) is 0 Å². The van der Waals surface area contributed by atoms with Gasteiger partial charge in [-0.05, 0) is 31.1 Å². The third kappa shape index (κ3) is 14.9. The third-order valence-electron chi connectivity index (χ3n) is 4.83. The van der Waals surface area contributed by atoms with E-state index in [0.717, 1.165) is 19.4 Å². The molecule has 0 N–H and O–H groups in total. The van der Waals surface area contributed by atoms with E-state index in [9.17, 15) is 0 Å². The number of unbranched alkanes of at least 4 members (excludes halogenated alkanes) is 10. The zero-order valence-electron chi connectivity index (χ0n) is 17.6. The van der Waals surface area contributed by atoms with Crippen LogP contribution in [-0.4, -0.2) is 15.0 Å². The van der Waals surface area contributed by atoms with Crippen LogP contribution in [0, 0.1) is 12.3 Å². The normalized spacial score (nSPS) is 11.5. The Morgan fingerprint density at radius 1 is 0.846 bits per heavy atom. The molecule has 1 aromatic rings. The van der Waals surface area contributed by atoms with Gasteiger partial charge in [-0.15, -0.1) is 5.10 Å². The quantitative estimate of drug-likeness (QED) is 0.184. The summed E-state index contributed by atoms with van der Waals surface area (Å²) in [6.45, 7) is 11.9. The summed E-state index contributed by atoms with van der Waals surface area (Å²) in [6, 6.07) is 0. The molecule has 0 atom stereocenters. The number of rotatable bonds is 15. The fourth-order valence-electron chi connectivity index (χ4n) is 3.21. The summed E-state index contributed by atoms with van der Waals surface area (Å²) in [7, 11) is 0. The standard InChI is InChI=1S/C22H42N3.W/c1-5-6-7-8-11-14-17-21-20-25(24-23-21)19-16-13-10-9-12-15-18-22(2,3)4;/h20H,1,5-19H2,2-4H3;/q-1;. The van der Waals surface area contributed by atoms with Crippen LogP contribution >= 0.6 is 0 Å². The Hall–Kier alpha value is -0.172. The maximum absolute atomic E-state index is 4.32. The number of aromatic nitrogens is 3. The molecule has 152 valence electrons. The van der Waals surface area contributed by atoms with Crippen molar-refractivity contribution < 1.29 is 21.1 Å². The van der Waals surface area contributed by atoms with Crippen molar-refractivity contribution in [2.75, 3.05) is 0 Å². The van der Waals surface area contributed by atoms with Gasteiger partial charge in [0.1, 0.15) is 0 Å². The zero-order valence-corrected chi connectivity index (χ0v) is 20.6. The predicted molar refractivity (Wildman–Crippen MR) is 109 cm³/mol. The van der Waals surface area contributed by atoms with Crippen LogP contribution in [0.5, 0.6) is 0 Å². The summed E-state index contributed by atoms with van der Waals surface area (Å²) in [6.07, 6.45) is 20.2. The molecule has 1 heterocycles. The summed E-state index contributed by atoms with van der Waals surface area (Å²) in [5, 5.41) is 8.59. The van der Waals surface area contributed by atoms with Crippen LogP contribution < -0.4 is 0 Å². The SMILES string of the molecule is [CH2-]CCCCCCCc1cn(CCCCCCCCC(C)(C)C)nn1.[W]. The molecule has 0 aromatic carbocycles. The Bertz CT molecular complexity index is 423. The van der Waals surface area contributed by atoms with Crippen LogP contribution in [0.2, 0.25) is 0 Å². The molecule has 0 aliphatic carbocycles. The molecular weight excluding hydrogens is 490 g/mol. The summed E-state index contributed by atoms with van der Waals surface area (Å²) >= 11 is 0. The summed E-state index contributed by atoms with van der Waals surface area (Å²) in [4.78, 5) is 0. The molecular formula is C22H42N3W-. The largest absolute Gasteiger partial charge is 0.343 e. The Morgan fingerprint density at radius 2 is 1.42 bits per heavy atom. The van der Waals surface area contributed by atoms with Gasteiger partial charge in [-0.1, -0.05) is 83.8 Å². The fourth-order valence-corrected chi connectivity index (χ4v) is 3.21. The molecule has 0 spiro atoms. The molecule has 0 saturated carbocycles. The van der Waals surface area contributed by atoms with Gasteiger partial charge in [-0.3, -0.25) is 4.68 Å². The van der Waals surface area contributed by atoms with Gasteiger partial charge in [0.05, 0.1) is 5.69 Å². The average molecular weight is 532 g/mol. The van der Waals surface area contributed by atoms with Gasteiger partial charge in [0.2, 0.25) is 0 Å². The van der Waals surface area contributed by atoms with Crippen molar-refractivity contribution in [3.8, 4) is 0 Å². The Morgan fingerprint density at radius 3 is 2.08 bits per heavy atom. The molecule has 0 amide bonds. The van der Waals surface area contributed by atoms with Crippen LogP contribution in [-0.2, 0) is 34.0 Å². The Balaban J connectivity index is 0.00000625. The van der Waals surface area contributed by atoms with E-state index < -0.39 is 0 Å². The monoisotopic (exact) mass is 532 g/mol. The van der Waals surface area contributed by atoms with E-state index in [1.54, 1.807) is 0 Å². The maximum atomic E-state index is 4.32. The number of hydrogen-bond acceptors (Lipinski definition) is 2. The van der Waals surface area contributed by atoms with E-state index in [1.165, 1.54) is 82.7 Å². The average Bonchev–Trinajstić information content (AvgIpc) is 3.00. The Labute approximate surface area is 177 Å². The summed E-state index contributed by atoms with van der Waals surface area (Å²) in [5.74, 6) is 0. The molecule has 1 aromatic heterocycles. The maximum Gasteiger partial charge on any atom is 0.0827 e. The molecule has 26 heavy (non-hydrogen) atoms. The minimum atomic E-state index is 0. The van der Waals surface area contributed by atoms with Gasteiger partial charge in [0, 0.05) is 33.8 Å². The topological polar surface area (TPSA) is 30.7 Å². The molecule has 0 fully saturated rings. The first kappa shape index (κ1) is 25.8. The van der Waals surface area contributed by atoms with Crippen LogP contribution in [0.4, 0.5) is 0 Å². The van der Waals surface area contributed by atoms with Crippen molar-refractivity contribution in [3.05, 3.63) is 18.8 Å². The number of aryl methyl sites for hydroxylation is 2. The van der Waals surface area contributed by atoms with Crippen molar-refractivity contribution in [1.29, 1.82) is 0 Å². The van der Waals surface area contributed by atoms with Crippen molar-refractivity contribution in [3.63, 3.8) is 0 Å². The summed E-state index contributed by atoms with van der Waals surface area (Å²) < 4.78 is 2.04. The molecule has 4 heteroatoms. The molecule has 1 rings (SSSR count). The minimum Gasteiger partial charge on any atom is -0.343 e. The molecule has 0 bridgehead atoms. The van der Waals surface area contributed by atoms with Crippen LogP contribution in [0.3, 0.4) is 0 Å². The molecule has 0 radical (unpaired) electrons. The molecule has 3 nitrogen and oxygen atoms in total. The van der Waals surface area contributed by atoms with Gasteiger partial charge in [-0.2, -0.15) is 6.42 Å². The van der Waals surface area contributed by atoms with Crippen molar-refractivity contribution >= 4 is 0 Å². The first-order valence-electron chi connectivity index (χ1n) is 10.7. The molecule has 0 unspecified atom stereocenters. The van der Waals surface area contributed by atoms with Gasteiger partial charge >= 0.3 is 0 Å². The first-order valence-corrected chi connectivity index (χ1v) is 10.7. The first-order chi connectivity index (χ1) is 12.0. The van der Waals surface area contributed by atoms with E-state index >= 15 is 0 Å². The molecule has 0 saturated heterocycles. The van der Waals surface area contributed by atoms with Crippen molar-refractivity contribution in [1.82, 2.24) is 15.0 Å². The van der Waals surface area contributed by atoms with Gasteiger partial charge in [-0.25, -0.2) is 0 Å². The van der Waals surface area contributed by atoms with Crippen molar-refractivity contribution in [2.24, 2.45) is 5.41 Å². The fraction of sp³-hybridized carbons (Fsp3) is 0.864. The Kier molecular flexibility index (Phi) is 15.7. The zero-order chi connectivity index (χ0) is 18.4. The smallest absolute Gasteiger partial charge is 0.0827 e. The van der Waals surface area contributed by atoms with E-state index in [4.69, 9.17) is 0 Å². The van der Waals surface area contributed by atoms with E-state index in [2.05, 4.69) is 44.2 Å². The second-order valence-corrected chi connectivity index (χ2v) is 8.78. The van der Waals surface area contributed by atoms with Gasteiger partial charge < -0.3 is 6.92 Å². The van der Waals surface area contributed by atoms with E-state index in [0.29, 0.717) is 5.41 Å². The second-order valence-electron chi connectivity index (χ2n) is 8.78. The van der Waals surface area contributed by atoms with E-state index in [-0.39, 0.29) is 21.1 Å². The van der Waals surface area contributed by atoms with Crippen LogP contribution in [0.25, 0.3) is 0 Å². The number of nitrogens with zero attached hydrogens (tertiary/aromatic N) is 3.